The first-order chi connectivity index (χ1) is 5.68. The predicted octanol–water partition coefficient (Wildman–Crippen LogP) is 3.63. The zero-order valence-corrected chi connectivity index (χ0v) is 8.83. The molecule has 12 heavy (non-hydrogen) atoms. The highest BCUT2D eigenvalue weighted by Gasteiger charge is 2.07. The second-order valence-electron chi connectivity index (χ2n) is 2.32. The van der Waals surface area contributed by atoms with Crippen LogP contribution in [0, 0.1) is 0 Å². The van der Waals surface area contributed by atoms with E-state index in [0.717, 1.165) is 15.5 Å². The zero-order chi connectivity index (χ0) is 8.72. The van der Waals surface area contributed by atoms with E-state index in [1.807, 2.05) is 0 Å². The molecular formula is C7H3BrCl2N2. The molecule has 0 atom stereocenters. The van der Waals surface area contributed by atoms with Gasteiger partial charge in [-0.15, -0.1) is 0 Å². The van der Waals surface area contributed by atoms with Gasteiger partial charge in [0.15, 0.2) is 0 Å². The van der Waals surface area contributed by atoms with Crippen LogP contribution in [0.3, 0.4) is 0 Å². The average molecular weight is 266 g/mol. The Morgan fingerprint density at radius 3 is 2.83 bits per heavy atom. The Hall–Kier alpha value is -0.250. The third kappa shape index (κ3) is 1.22. The van der Waals surface area contributed by atoms with Crippen LogP contribution in [0.25, 0.3) is 10.9 Å². The summed E-state index contributed by atoms with van der Waals surface area (Å²) in [5.41, 5.74) is 0.730. The first-order valence-electron chi connectivity index (χ1n) is 3.17. The molecule has 1 N–H and O–H groups in total. The molecule has 2 nitrogen and oxygen atoms in total. The summed E-state index contributed by atoms with van der Waals surface area (Å²) in [5.74, 6) is 0. The third-order valence-corrected chi connectivity index (χ3v) is 2.64. The lowest BCUT2D eigenvalue weighted by atomic mass is 10.3. The van der Waals surface area contributed by atoms with Crippen LogP contribution < -0.4 is 0 Å². The molecule has 0 spiro atoms. The van der Waals surface area contributed by atoms with E-state index in [-0.39, 0.29) is 0 Å². The lowest BCUT2D eigenvalue weighted by molar-refractivity contribution is 1.10. The van der Waals surface area contributed by atoms with Gasteiger partial charge in [0.25, 0.3) is 0 Å². The number of aromatic amines is 1. The number of rotatable bonds is 0. The van der Waals surface area contributed by atoms with Crippen molar-refractivity contribution in [2.75, 3.05) is 0 Å². The van der Waals surface area contributed by atoms with E-state index in [0.29, 0.717) is 10.0 Å². The van der Waals surface area contributed by atoms with Gasteiger partial charge in [0.2, 0.25) is 0 Å². The van der Waals surface area contributed by atoms with E-state index in [1.165, 1.54) is 0 Å². The minimum Gasteiger partial charge on any atom is -0.270 e. The Bertz CT molecular complexity index is 438. The van der Waals surface area contributed by atoms with Gasteiger partial charge in [0.1, 0.15) is 10.1 Å². The number of benzene rings is 1. The highest BCUT2D eigenvalue weighted by atomic mass is 79.9. The number of nitrogens with one attached hydrogen (secondary N) is 1. The van der Waals surface area contributed by atoms with Crippen molar-refractivity contribution < 1.29 is 0 Å². The number of aromatic nitrogens is 2. The van der Waals surface area contributed by atoms with Crippen molar-refractivity contribution >= 4 is 50.0 Å². The maximum atomic E-state index is 5.89. The molecule has 1 aromatic carbocycles. The Morgan fingerprint density at radius 2 is 2.08 bits per heavy atom. The summed E-state index contributed by atoms with van der Waals surface area (Å²) in [6, 6.07) is 3.47. The first-order valence-corrected chi connectivity index (χ1v) is 4.72. The van der Waals surface area contributed by atoms with Crippen LogP contribution in [-0.2, 0) is 0 Å². The SMILES string of the molecule is Clc1cc(Cl)c2n[nH]c(Br)c2c1. The molecule has 0 saturated heterocycles. The molecule has 2 aromatic rings. The van der Waals surface area contributed by atoms with Gasteiger partial charge in [-0.1, -0.05) is 23.2 Å². The van der Waals surface area contributed by atoms with Crippen LogP contribution in [-0.4, -0.2) is 10.2 Å². The number of nitrogens with zero attached hydrogens (tertiary/aromatic N) is 1. The Labute approximate surface area is 87.0 Å². The van der Waals surface area contributed by atoms with Gasteiger partial charge in [0, 0.05) is 10.4 Å². The number of H-pyrrole nitrogens is 1. The van der Waals surface area contributed by atoms with Crippen molar-refractivity contribution in [3.8, 4) is 0 Å². The number of hydrogen-bond acceptors (Lipinski definition) is 1. The molecular weight excluding hydrogens is 263 g/mol. The summed E-state index contributed by atoms with van der Waals surface area (Å²) < 4.78 is 0.793. The summed E-state index contributed by atoms with van der Waals surface area (Å²) in [6.07, 6.45) is 0. The van der Waals surface area contributed by atoms with Gasteiger partial charge in [-0.3, -0.25) is 5.10 Å². The van der Waals surface area contributed by atoms with Crippen LogP contribution in [0.5, 0.6) is 0 Å². The minimum absolute atomic E-state index is 0.555. The molecule has 0 aliphatic rings. The van der Waals surface area contributed by atoms with Crippen molar-refractivity contribution in [2.45, 2.75) is 0 Å². The molecule has 0 amide bonds. The smallest absolute Gasteiger partial charge is 0.112 e. The standard InChI is InChI=1S/C7H3BrCl2N2/c8-7-4-1-3(9)2-5(10)6(4)11-12-7/h1-2H,(H,11,12). The highest BCUT2D eigenvalue weighted by molar-refractivity contribution is 9.10. The molecule has 0 radical (unpaired) electrons. The minimum atomic E-state index is 0.555. The highest BCUT2D eigenvalue weighted by Crippen LogP contribution is 2.30. The van der Waals surface area contributed by atoms with E-state index in [9.17, 15) is 0 Å². The summed E-state index contributed by atoms with van der Waals surface area (Å²) in [5, 5.41) is 8.82. The van der Waals surface area contributed by atoms with Gasteiger partial charge in [-0.05, 0) is 28.1 Å². The molecule has 0 bridgehead atoms. The number of hydrogen-bond donors (Lipinski definition) is 1. The summed E-state index contributed by atoms with van der Waals surface area (Å²) >= 11 is 15.0. The monoisotopic (exact) mass is 264 g/mol. The number of fused-ring (bicyclic) bond motifs is 1. The fourth-order valence-electron chi connectivity index (χ4n) is 1.01. The maximum Gasteiger partial charge on any atom is 0.112 e. The van der Waals surface area contributed by atoms with E-state index >= 15 is 0 Å². The lowest BCUT2D eigenvalue weighted by Crippen LogP contribution is -1.71. The average Bonchev–Trinajstić information content (AvgIpc) is 2.33. The van der Waals surface area contributed by atoms with E-state index in [4.69, 9.17) is 23.2 Å². The van der Waals surface area contributed by atoms with E-state index in [2.05, 4.69) is 26.1 Å². The van der Waals surface area contributed by atoms with Crippen LogP contribution in [0.2, 0.25) is 10.0 Å². The fraction of sp³-hybridized carbons (Fsp3) is 0. The van der Waals surface area contributed by atoms with E-state index < -0.39 is 0 Å². The van der Waals surface area contributed by atoms with Gasteiger partial charge >= 0.3 is 0 Å². The molecule has 0 aliphatic carbocycles. The first kappa shape index (κ1) is 8.35. The van der Waals surface area contributed by atoms with Gasteiger partial charge in [0.05, 0.1) is 5.02 Å². The molecule has 5 heteroatoms. The molecule has 0 fully saturated rings. The summed E-state index contributed by atoms with van der Waals surface area (Å²) in [7, 11) is 0. The summed E-state index contributed by atoms with van der Waals surface area (Å²) in [4.78, 5) is 0. The van der Waals surface area contributed by atoms with Crippen LogP contribution in [0.15, 0.2) is 16.7 Å². The van der Waals surface area contributed by atoms with Crippen molar-refractivity contribution in [3.63, 3.8) is 0 Å². The Kier molecular flexibility index (Phi) is 2.02. The fourth-order valence-corrected chi connectivity index (χ4v) is 1.94. The van der Waals surface area contributed by atoms with Crippen molar-refractivity contribution in [1.82, 2.24) is 10.2 Å². The maximum absolute atomic E-state index is 5.89. The molecule has 0 aliphatic heterocycles. The van der Waals surface area contributed by atoms with Crippen molar-refractivity contribution in [2.24, 2.45) is 0 Å². The topological polar surface area (TPSA) is 28.7 Å². The van der Waals surface area contributed by atoms with Gasteiger partial charge in [-0.2, -0.15) is 5.10 Å². The molecule has 1 heterocycles. The molecule has 62 valence electrons. The molecule has 1 aromatic heterocycles. The van der Waals surface area contributed by atoms with Crippen LogP contribution in [0.1, 0.15) is 0 Å². The van der Waals surface area contributed by atoms with Gasteiger partial charge < -0.3 is 0 Å². The van der Waals surface area contributed by atoms with E-state index in [1.54, 1.807) is 12.1 Å². The zero-order valence-electron chi connectivity index (χ0n) is 5.74. The normalized spacial score (nSPS) is 10.9. The predicted molar refractivity (Wildman–Crippen MR) is 53.8 cm³/mol. The molecule has 0 unspecified atom stereocenters. The largest absolute Gasteiger partial charge is 0.270 e. The van der Waals surface area contributed by atoms with Crippen molar-refractivity contribution in [3.05, 3.63) is 26.8 Å². The molecule has 0 saturated carbocycles. The Morgan fingerprint density at radius 1 is 1.33 bits per heavy atom. The van der Waals surface area contributed by atoms with Crippen molar-refractivity contribution in [1.29, 1.82) is 0 Å². The quantitative estimate of drug-likeness (QED) is 0.774. The number of halogens is 3. The summed E-state index contributed by atoms with van der Waals surface area (Å²) in [6.45, 7) is 0. The van der Waals surface area contributed by atoms with Crippen LogP contribution in [0.4, 0.5) is 0 Å². The third-order valence-electron chi connectivity index (χ3n) is 1.53. The molecule has 2 rings (SSSR count). The second kappa shape index (κ2) is 2.91. The van der Waals surface area contributed by atoms with Crippen LogP contribution >= 0.6 is 39.1 Å². The van der Waals surface area contributed by atoms with Gasteiger partial charge in [-0.25, -0.2) is 0 Å². The second-order valence-corrected chi connectivity index (χ2v) is 3.96. The lowest BCUT2D eigenvalue weighted by Gasteiger charge is -1.93. The Balaban J connectivity index is 2.92.